The zero-order valence-corrected chi connectivity index (χ0v) is 12.9. The first kappa shape index (κ1) is 14.3. The van der Waals surface area contributed by atoms with E-state index in [9.17, 15) is 9.59 Å². The quantitative estimate of drug-likeness (QED) is 0.729. The van der Waals surface area contributed by atoms with E-state index in [1.807, 2.05) is 26.0 Å². The van der Waals surface area contributed by atoms with Gasteiger partial charge in [-0.25, -0.2) is 0 Å². The summed E-state index contributed by atoms with van der Waals surface area (Å²) in [5.41, 5.74) is 3.07. The summed E-state index contributed by atoms with van der Waals surface area (Å²) < 4.78 is 10.6. The number of benzene rings is 2. The molecule has 4 nitrogen and oxygen atoms in total. The van der Waals surface area contributed by atoms with E-state index in [1.54, 1.807) is 12.1 Å². The predicted molar refractivity (Wildman–Crippen MR) is 82.3 cm³/mol. The van der Waals surface area contributed by atoms with Crippen LogP contribution in [0.3, 0.4) is 0 Å². The first-order chi connectivity index (χ1) is 10.5. The highest BCUT2D eigenvalue weighted by Gasteiger charge is 2.36. The van der Waals surface area contributed by atoms with Crippen molar-refractivity contribution in [3.63, 3.8) is 0 Å². The van der Waals surface area contributed by atoms with Crippen LogP contribution >= 0.6 is 0 Å². The van der Waals surface area contributed by atoms with Crippen molar-refractivity contribution >= 4 is 11.6 Å². The van der Waals surface area contributed by atoms with Gasteiger partial charge in [0.25, 0.3) is 0 Å². The van der Waals surface area contributed by atoms with Gasteiger partial charge in [-0.1, -0.05) is 12.1 Å². The molecule has 0 saturated carbocycles. The highest BCUT2D eigenvalue weighted by atomic mass is 16.5. The van der Waals surface area contributed by atoms with Gasteiger partial charge in [0, 0.05) is 11.1 Å². The standard InChI is InChI=1S/C18H16O4/c1-9-5-6-10(2)14-13(9)17(19)15-11(21-3)7-8-12(22-4)16(15)18(14)20/h5-8H,1-4H3. The molecule has 0 unspecified atom stereocenters. The highest BCUT2D eigenvalue weighted by molar-refractivity contribution is 6.31. The summed E-state index contributed by atoms with van der Waals surface area (Å²) in [5, 5.41) is 0. The summed E-state index contributed by atoms with van der Waals surface area (Å²) in [6.45, 7) is 3.67. The highest BCUT2D eigenvalue weighted by Crippen LogP contribution is 2.40. The number of methoxy groups -OCH3 is 2. The van der Waals surface area contributed by atoms with Crippen molar-refractivity contribution in [1.82, 2.24) is 0 Å². The van der Waals surface area contributed by atoms with E-state index in [2.05, 4.69) is 0 Å². The van der Waals surface area contributed by atoms with E-state index in [4.69, 9.17) is 9.47 Å². The van der Waals surface area contributed by atoms with E-state index in [0.717, 1.165) is 11.1 Å². The van der Waals surface area contributed by atoms with Crippen LogP contribution in [0.4, 0.5) is 0 Å². The summed E-state index contributed by atoms with van der Waals surface area (Å²) in [6.07, 6.45) is 0. The lowest BCUT2D eigenvalue weighted by atomic mass is 9.79. The maximum Gasteiger partial charge on any atom is 0.198 e. The second-order valence-electron chi connectivity index (χ2n) is 5.33. The van der Waals surface area contributed by atoms with Crippen LogP contribution in [-0.2, 0) is 0 Å². The van der Waals surface area contributed by atoms with Crippen LogP contribution in [0, 0.1) is 13.8 Å². The smallest absolute Gasteiger partial charge is 0.198 e. The molecule has 0 radical (unpaired) electrons. The number of ether oxygens (including phenoxy) is 2. The Balaban J connectivity index is 2.43. The van der Waals surface area contributed by atoms with Crippen molar-refractivity contribution < 1.29 is 19.1 Å². The van der Waals surface area contributed by atoms with Crippen LogP contribution in [-0.4, -0.2) is 25.8 Å². The molecular weight excluding hydrogens is 280 g/mol. The lowest BCUT2D eigenvalue weighted by molar-refractivity contribution is 0.0972. The fraction of sp³-hybridized carbons (Fsp3) is 0.222. The molecule has 0 atom stereocenters. The van der Waals surface area contributed by atoms with Gasteiger partial charge in [0.15, 0.2) is 11.6 Å². The molecule has 2 aromatic carbocycles. The van der Waals surface area contributed by atoms with Crippen molar-refractivity contribution in [3.8, 4) is 11.5 Å². The van der Waals surface area contributed by atoms with Crippen molar-refractivity contribution in [2.24, 2.45) is 0 Å². The topological polar surface area (TPSA) is 52.6 Å². The first-order valence-corrected chi connectivity index (χ1v) is 6.95. The minimum atomic E-state index is -0.193. The van der Waals surface area contributed by atoms with E-state index < -0.39 is 0 Å². The van der Waals surface area contributed by atoms with Gasteiger partial charge in [-0.3, -0.25) is 9.59 Å². The van der Waals surface area contributed by atoms with E-state index in [1.165, 1.54) is 14.2 Å². The second kappa shape index (κ2) is 4.98. The average Bonchev–Trinajstić information content (AvgIpc) is 2.53. The second-order valence-corrected chi connectivity index (χ2v) is 5.33. The Morgan fingerprint density at radius 2 is 1.00 bits per heavy atom. The number of hydrogen-bond donors (Lipinski definition) is 0. The summed E-state index contributed by atoms with van der Waals surface area (Å²) in [4.78, 5) is 26.0. The Morgan fingerprint density at radius 3 is 1.32 bits per heavy atom. The lowest BCUT2D eigenvalue weighted by Crippen LogP contribution is -2.24. The Bertz CT molecular complexity index is 750. The fourth-order valence-corrected chi connectivity index (χ4v) is 3.00. The summed E-state index contributed by atoms with van der Waals surface area (Å²) in [5.74, 6) is 0.393. The number of aryl methyl sites for hydroxylation is 2. The molecule has 0 bridgehead atoms. The van der Waals surface area contributed by atoms with Crippen LogP contribution in [0.15, 0.2) is 24.3 Å². The summed E-state index contributed by atoms with van der Waals surface area (Å²) in [7, 11) is 2.97. The van der Waals surface area contributed by atoms with Gasteiger partial charge in [0.2, 0.25) is 0 Å². The van der Waals surface area contributed by atoms with E-state index in [-0.39, 0.29) is 22.7 Å². The van der Waals surface area contributed by atoms with E-state index >= 15 is 0 Å². The summed E-state index contributed by atoms with van der Waals surface area (Å²) >= 11 is 0. The van der Waals surface area contributed by atoms with Crippen molar-refractivity contribution in [1.29, 1.82) is 0 Å². The Labute approximate surface area is 128 Å². The van der Waals surface area contributed by atoms with Crippen LogP contribution in [0.2, 0.25) is 0 Å². The van der Waals surface area contributed by atoms with E-state index in [0.29, 0.717) is 22.6 Å². The van der Waals surface area contributed by atoms with Crippen molar-refractivity contribution in [2.75, 3.05) is 14.2 Å². The third kappa shape index (κ3) is 1.77. The third-order valence-electron chi connectivity index (χ3n) is 4.10. The fourth-order valence-electron chi connectivity index (χ4n) is 3.00. The number of rotatable bonds is 2. The predicted octanol–water partition coefficient (Wildman–Crippen LogP) is 3.10. The van der Waals surface area contributed by atoms with Crippen molar-refractivity contribution in [2.45, 2.75) is 13.8 Å². The number of fused-ring (bicyclic) bond motifs is 2. The number of hydrogen-bond acceptors (Lipinski definition) is 4. The molecule has 0 aromatic heterocycles. The molecule has 4 heteroatoms. The van der Waals surface area contributed by atoms with Gasteiger partial charge in [0.1, 0.15) is 11.5 Å². The Kier molecular flexibility index (Phi) is 3.24. The maximum absolute atomic E-state index is 13.0. The minimum Gasteiger partial charge on any atom is -0.496 e. The van der Waals surface area contributed by atoms with Crippen LogP contribution in [0.5, 0.6) is 11.5 Å². The van der Waals surface area contributed by atoms with Crippen LogP contribution in [0.1, 0.15) is 43.0 Å². The summed E-state index contributed by atoms with van der Waals surface area (Å²) in [6, 6.07) is 7.02. The Morgan fingerprint density at radius 1 is 0.636 bits per heavy atom. The molecule has 0 spiro atoms. The largest absolute Gasteiger partial charge is 0.496 e. The zero-order valence-electron chi connectivity index (χ0n) is 12.9. The van der Waals surface area contributed by atoms with Gasteiger partial charge in [-0.05, 0) is 37.1 Å². The molecule has 1 aliphatic rings. The molecule has 0 aliphatic heterocycles. The monoisotopic (exact) mass is 296 g/mol. The van der Waals surface area contributed by atoms with Gasteiger partial charge in [0.05, 0.1) is 25.3 Å². The SMILES string of the molecule is COc1ccc(OC)c2c1C(=O)c1c(C)ccc(C)c1C2=O. The van der Waals surface area contributed by atoms with Crippen LogP contribution < -0.4 is 9.47 Å². The number of carbonyl (C=O) groups is 2. The zero-order chi connectivity index (χ0) is 16.0. The first-order valence-electron chi connectivity index (χ1n) is 6.95. The number of ketones is 2. The molecule has 0 fully saturated rings. The maximum atomic E-state index is 13.0. The van der Waals surface area contributed by atoms with Crippen LogP contribution in [0.25, 0.3) is 0 Å². The van der Waals surface area contributed by atoms with Crippen molar-refractivity contribution in [3.05, 3.63) is 57.6 Å². The third-order valence-corrected chi connectivity index (χ3v) is 4.10. The van der Waals surface area contributed by atoms with Gasteiger partial charge < -0.3 is 9.47 Å². The molecule has 0 N–H and O–H groups in total. The molecular formula is C18H16O4. The molecule has 112 valence electrons. The molecule has 0 saturated heterocycles. The molecule has 1 aliphatic carbocycles. The average molecular weight is 296 g/mol. The molecule has 3 rings (SSSR count). The van der Waals surface area contributed by atoms with Gasteiger partial charge in [-0.2, -0.15) is 0 Å². The van der Waals surface area contributed by atoms with Gasteiger partial charge in [-0.15, -0.1) is 0 Å². The Hall–Kier alpha value is -2.62. The number of carbonyl (C=O) groups excluding carboxylic acids is 2. The molecule has 22 heavy (non-hydrogen) atoms. The molecule has 0 heterocycles. The normalized spacial score (nSPS) is 12.7. The molecule has 0 amide bonds. The molecule has 2 aromatic rings. The minimum absolute atomic E-state index is 0.193. The lowest BCUT2D eigenvalue weighted by Gasteiger charge is -2.24. The van der Waals surface area contributed by atoms with Gasteiger partial charge >= 0.3 is 0 Å².